The van der Waals surface area contributed by atoms with Gasteiger partial charge in [-0.15, -0.1) is 0 Å². The summed E-state index contributed by atoms with van der Waals surface area (Å²) in [6.45, 7) is 2.38. The van der Waals surface area contributed by atoms with Crippen molar-refractivity contribution in [3.8, 4) is 0 Å². The summed E-state index contributed by atoms with van der Waals surface area (Å²) in [6, 6.07) is 0. The van der Waals surface area contributed by atoms with E-state index in [-0.39, 0.29) is 0 Å². The van der Waals surface area contributed by atoms with Gasteiger partial charge in [0.15, 0.2) is 0 Å². The Balaban J connectivity index is 3.63. The van der Waals surface area contributed by atoms with Crippen LogP contribution in [-0.2, 0) is 0 Å². The van der Waals surface area contributed by atoms with Gasteiger partial charge in [0.2, 0.25) is 0 Å². The molecule has 0 radical (unpaired) electrons. The number of hydrogen-bond donors (Lipinski definition) is 1. The summed E-state index contributed by atoms with van der Waals surface area (Å²) in [4.78, 5) is 1.38. The van der Waals surface area contributed by atoms with Crippen LogP contribution in [0.15, 0.2) is 0 Å². The van der Waals surface area contributed by atoms with Crippen LogP contribution < -0.4 is 5.73 Å². The van der Waals surface area contributed by atoms with E-state index in [9.17, 15) is 13.2 Å². The van der Waals surface area contributed by atoms with Gasteiger partial charge in [-0.25, -0.2) is 0 Å². The van der Waals surface area contributed by atoms with Crippen molar-refractivity contribution in [3.63, 3.8) is 0 Å². The minimum absolute atomic E-state index is 0.435. The molecule has 0 heterocycles. The molecular formula is C8H17F3N2. The Bertz CT molecular complexity index is 125. The molecule has 0 rings (SSSR count). The minimum atomic E-state index is -4.08. The SMILES string of the molecule is CCN(CCCCN)CC(F)(F)F. The van der Waals surface area contributed by atoms with Gasteiger partial charge in [0.25, 0.3) is 0 Å². The molecule has 0 fully saturated rings. The van der Waals surface area contributed by atoms with Crippen molar-refractivity contribution < 1.29 is 13.2 Å². The van der Waals surface area contributed by atoms with Crippen molar-refractivity contribution in [1.82, 2.24) is 4.90 Å². The zero-order valence-corrected chi connectivity index (χ0v) is 7.90. The summed E-state index contributed by atoms with van der Waals surface area (Å²) >= 11 is 0. The molecule has 2 N–H and O–H groups in total. The van der Waals surface area contributed by atoms with Crippen molar-refractivity contribution >= 4 is 0 Å². The van der Waals surface area contributed by atoms with Crippen molar-refractivity contribution in [1.29, 1.82) is 0 Å². The van der Waals surface area contributed by atoms with E-state index in [1.165, 1.54) is 4.90 Å². The van der Waals surface area contributed by atoms with Crippen LogP contribution in [0.4, 0.5) is 13.2 Å². The Morgan fingerprint density at radius 3 is 2.23 bits per heavy atom. The molecule has 0 aromatic rings. The van der Waals surface area contributed by atoms with Crippen LogP contribution >= 0.6 is 0 Å². The molecule has 0 atom stereocenters. The Morgan fingerprint density at radius 1 is 1.23 bits per heavy atom. The summed E-state index contributed by atoms with van der Waals surface area (Å²) in [5, 5.41) is 0. The molecule has 0 saturated heterocycles. The van der Waals surface area contributed by atoms with Crippen molar-refractivity contribution in [2.24, 2.45) is 5.73 Å². The highest BCUT2D eigenvalue weighted by Crippen LogP contribution is 2.16. The number of rotatable bonds is 6. The Hall–Kier alpha value is -0.290. The average Bonchev–Trinajstić information content (AvgIpc) is 2.01. The summed E-state index contributed by atoms with van der Waals surface area (Å²) in [5.74, 6) is 0. The molecule has 0 aliphatic carbocycles. The zero-order valence-electron chi connectivity index (χ0n) is 7.90. The number of nitrogens with zero attached hydrogens (tertiary/aromatic N) is 1. The fourth-order valence-electron chi connectivity index (χ4n) is 1.08. The molecule has 0 aliphatic heterocycles. The van der Waals surface area contributed by atoms with E-state index >= 15 is 0 Å². The molecule has 13 heavy (non-hydrogen) atoms. The van der Waals surface area contributed by atoms with Gasteiger partial charge in [0.1, 0.15) is 0 Å². The van der Waals surface area contributed by atoms with Crippen LogP contribution in [0.1, 0.15) is 19.8 Å². The normalized spacial score (nSPS) is 12.5. The van der Waals surface area contributed by atoms with Gasteiger partial charge in [-0.3, -0.25) is 4.90 Å². The average molecular weight is 198 g/mol. The first kappa shape index (κ1) is 12.7. The molecule has 0 aromatic carbocycles. The maximum Gasteiger partial charge on any atom is 0.401 e. The van der Waals surface area contributed by atoms with Crippen molar-refractivity contribution in [2.45, 2.75) is 25.9 Å². The van der Waals surface area contributed by atoms with Gasteiger partial charge in [0.05, 0.1) is 6.54 Å². The van der Waals surface area contributed by atoms with Gasteiger partial charge in [-0.05, 0) is 32.5 Å². The highest BCUT2D eigenvalue weighted by molar-refractivity contribution is 4.61. The predicted molar refractivity (Wildman–Crippen MR) is 46.5 cm³/mol. The van der Waals surface area contributed by atoms with E-state index in [4.69, 9.17) is 5.73 Å². The molecule has 0 amide bonds. The number of nitrogens with two attached hydrogens (primary N) is 1. The van der Waals surface area contributed by atoms with E-state index < -0.39 is 12.7 Å². The van der Waals surface area contributed by atoms with E-state index in [1.807, 2.05) is 0 Å². The fourth-order valence-corrected chi connectivity index (χ4v) is 1.08. The van der Waals surface area contributed by atoms with E-state index in [0.29, 0.717) is 19.6 Å². The van der Waals surface area contributed by atoms with Gasteiger partial charge in [-0.2, -0.15) is 13.2 Å². The van der Waals surface area contributed by atoms with Crippen LogP contribution in [0.2, 0.25) is 0 Å². The second-order valence-corrected chi connectivity index (χ2v) is 2.98. The third kappa shape index (κ3) is 8.05. The minimum Gasteiger partial charge on any atom is -0.330 e. The van der Waals surface area contributed by atoms with Gasteiger partial charge in [-0.1, -0.05) is 6.92 Å². The lowest BCUT2D eigenvalue weighted by atomic mass is 10.3. The highest BCUT2D eigenvalue weighted by atomic mass is 19.4. The standard InChI is InChI=1S/C8H17F3N2/c1-2-13(6-4-3-5-12)7-8(9,10)11/h2-7,12H2,1H3. The van der Waals surface area contributed by atoms with Gasteiger partial charge >= 0.3 is 6.18 Å². The molecule has 0 unspecified atom stereocenters. The lowest BCUT2D eigenvalue weighted by molar-refractivity contribution is -0.145. The molecule has 0 aliphatic rings. The second kappa shape index (κ2) is 6.21. The number of alkyl halides is 3. The first-order valence-corrected chi connectivity index (χ1v) is 4.48. The Labute approximate surface area is 76.9 Å². The van der Waals surface area contributed by atoms with Gasteiger partial charge < -0.3 is 5.73 Å². The first-order valence-electron chi connectivity index (χ1n) is 4.48. The molecule has 0 saturated carbocycles. The summed E-state index contributed by atoms with van der Waals surface area (Å²) < 4.78 is 35.8. The fraction of sp³-hybridized carbons (Fsp3) is 1.00. The molecular weight excluding hydrogens is 181 g/mol. The van der Waals surface area contributed by atoms with E-state index in [0.717, 1.165) is 12.8 Å². The smallest absolute Gasteiger partial charge is 0.330 e. The maximum atomic E-state index is 11.9. The predicted octanol–water partition coefficient (Wildman–Crippen LogP) is 1.61. The molecule has 2 nitrogen and oxygen atoms in total. The van der Waals surface area contributed by atoms with Crippen LogP contribution in [-0.4, -0.2) is 37.3 Å². The number of hydrogen-bond acceptors (Lipinski definition) is 2. The van der Waals surface area contributed by atoms with Gasteiger partial charge in [0, 0.05) is 0 Å². The zero-order chi connectivity index (χ0) is 10.3. The molecule has 80 valence electrons. The lowest BCUT2D eigenvalue weighted by Crippen LogP contribution is -2.34. The summed E-state index contributed by atoms with van der Waals surface area (Å²) in [6.07, 6.45) is -2.56. The molecule has 0 spiro atoms. The quantitative estimate of drug-likeness (QED) is 0.657. The first-order chi connectivity index (χ1) is 5.99. The summed E-state index contributed by atoms with van der Waals surface area (Å²) in [5.41, 5.74) is 5.24. The monoisotopic (exact) mass is 198 g/mol. The number of halogens is 3. The van der Waals surface area contributed by atoms with E-state index in [1.54, 1.807) is 6.92 Å². The van der Waals surface area contributed by atoms with Crippen LogP contribution in [0.5, 0.6) is 0 Å². The molecule has 0 bridgehead atoms. The second-order valence-electron chi connectivity index (χ2n) is 2.98. The Morgan fingerprint density at radius 2 is 1.85 bits per heavy atom. The molecule has 5 heteroatoms. The third-order valence-corrected chi connectivity index (χ3v) is 1.78. The third-order valence-electron chi connectivity index (χ3n) is 1.78. The van der Waals surface area contributed by atoms with Crippen LogP contribution in [0.3, 0.4) is 0 Å². The van der Waals surface area contributed by atoms with Crippen molar-refractivity contribution in [2.75, 3.05) is 26.2 Å². The number of unbranched alkanes of at least 4 members (excludes halogenated alkanes) is 1. The summed E-state index contributed by atoms with van der Waals surface area (Å²) in [7, 11) is 0. The van der Waals surface area contributed by atoms with Crippen molar-refractivity contribution in [3.05, 3.63) is 0 Å². The van der Waals surface area contributed by atoms with Crippen LogP contribution in [0, 0.1) is 0 Å². The maximum absolute atomic E-state index is 11.9. The lowest BCUT2D eigenvalue weighted by Gasteiger charge is -2.21. The largest absolute Gasteiger partial charge is 0.401 e. The molecule has 0 aromatic heterocycles. The Kier molecular flexibility index (Phi) is 6.07. The van der Waals surface area contributed by atoms with E-state index in [2.05, 4.69) is 0 Å². The topological polar surface area (TPSA) is 29.3 Å². The van der Waals surface area contributed by atoms with Crippen LogP contribution in [0.25, 0.3) is 0 Å². The highest BCUT2D eigenvalue weighted by Gasteiger charge is 2.29.